The van der Waals surface area contributed by atoms with Crippen LogP contribution in [0.25, 0.3) is 22.6 Å². The monoisotopic (exact) mass is 445 g/mol. The number of carbonyl (C=O) groups is 1. The molecule has 4 heterocycles. The topological polar surface area (TPSA) is 116 Å². The van der Waals surface area contributed by atoms with Gasteiger partial charge in [0.15, 0.2) is 5.69 Å². The van der Waals surface area contributed by atoms with E-state index < -0.39 is 11.7 Å². The number of oxazole rings is 1. The van der Waals surface area contributed by atoms with E-state index in [0.29, 0.717) is 40.4 Å². The number of halogens is 1. The maximum atomic E-state index is 13.9. The normalized spacial score (nSPS) is 13.9. The van der Waals surface area contributed by atoms with Crippen LogP contribution < -0.4 is 15.8 Å². The van der Waals surface area contributed by atoms with Crippen LogP contribution in [0.5, 0.6) is 5.75 Å². The largest absolute Gasteiger partial charge is 0.487 e. The number of nitrogens with one attached hydrogen (secondary N) is 1. The van der Waals surface area contributed by atoms with Gasteiger partial charge in [-0.3, -0.25) is 9.78 Å². The molecule has 0 saturated carbocycles. The fourth-order valence-electron chi connectivity index (χ4n) is 3.83. The Kier molecular flexibility index (Phi) is 4.81. The summed E-state index contributed by atoms with van der Waals surface area (Å²) in [4.78, 5) is 25.2. The first-order valence-corrected chi connectivity index (χ1v) is 10.2. The average molecular weight is 445 g/mol. The molecule has 3 N–H and O–H groups in total. The number of anilines is 2. The van der Waals surface area contributed by atoms with E-state index in [-0.39, 0.29) is 17.2 Å². The highest BCUT2D eigenvalue weighted by molar-refractivity contribution is 6.05. The van der Waals surface area contributed by atoms with Crippen molar-refractivity contribution in [3.05, 3.63) is 72.3 Å². The van der Waals surface area contributed by atoms with Crippen molar-refractivity contribution in [2.24, 2.45) is 0 Å². The predicted octanol–water partition coefficient (Wildman–Crippen LogP) is 4.49. The highest BCUT2D eigenvalue weighted by Crippen LogP contribution is 2.41. The Bertz CT molecular complexity index is 1380. The molecule has 1 aliphatic heterocycles. The highest BCUT2D eigenvalue weighted by Gasteiger charge is 2.31. The van der Waals surface area contributed by atoms with E-state index in [4.69, 9.17) is 14.9 Å². The number of rotatable bonds is 4. The number of carbonyl (C=O) groups excluding carboxylic acids is 1. The van der Waals surface area contributed by atoms with E-state index in [1.54, 1.807) is 18.2 Å². The van der Waals surface area contributed by atoms with Crippen molar-refractivity contribution in [3.8, 4) is 28.3 Å². The van der Waals surface area contributed by atoms with Gasteiger partial charge in [-0.25, -0.2) is 14.4 Å². The SMILES string of the molecule is CC1(C)Cc2cc(NC(=O)c3coc(-c4ccnc(N)c4)n3)c(-c3cncc(F)c3)cc2O1. The number of aromatic nitrogens is 3. The summed E-state index contributed by atoms with van der Waals surface area (Å²) in [5.41, 5.74) is 8.54. The smallest absolute Gasteiger partial charge is 0.277 e. The first-order chi connectivity index (χ1) is 15.8. The number of fused-ring (bicyclic) bond motifs is 1. The second-order valence-corrected chi connectivity index (χ2v) is 8.40. The second kappa shape index (κ2) is 7.70. The van der Waals surface area contributed by atoms with Crippen LogP contribution in [-0.4, -0.2) is 26.5 Å². The molecule has 1 aromatic carbocycles. The number of hydrogen-bond acceptors (Lipinski definition) is 7. The number of ether oxygens (including phenoxy) is 1. The first-order valence-electron chi connectivity index (χ1n) is 10.2. The molecule has 166 valence electrons. The molecule has 0 atom stereocenters. The van der Waals surface area contributed by atoms with Gasteiger partial charge >= 0.3 is 0 Å². The lowest BCUT2D eigenvalue weighted by Gasteiger charge is -2.17. The van der Waals surface area contributed by atoms with Crippen molar-refractivity contribution in [3.63, 3.8) is 0 Å². The van der Waals surface area contributed by atoms with Crippen molar-refractivity contribution < 1.29 is 18.3 Å². The maximum absolute atomic E-state index is 13.9. The molecule has 4 aromatic rings. The summed E-state index contributed by atoms with van der Waals surface area (Å²) in [5.74, 6) is 0.289. The predicted molar refractivity (Wildman–Crippen MR) is 120 cm³/mol. The van der Waals surface area contributed by atoms with E-state index in [0.717, 1.165) is 11.8 Å². The molecular weight excluding hydrogens is 425 g/mol. The molecule has 3 aromatic heterocycles. The Morgan fingerprint density at radius 1 is 1.18 bits per heavy atom. The highest BCUT2D eigenvalue weighted by atomic mass is 19.1. The lowest BCUT2D eigenvalue weighted by atomic mass is 9.97. The first kappa shape index (κ1) is 20.6. The van der Waals surface area contributed by atoms with Crippen molar-refractivity contribution in [2.75, 3.05) is 11.1 Å². The van der Waals surface area contributed by atoms with Crippen molar-refractivity contribution in [1.29, 1.82) is 0 Å². The van der Waals surface area contributed by atoms with E-state index in [1.807, 2.05) is 19.9 Å². The van der Waals surface area contributed by atoms with Crippen LogP contribution in [0.2, 0.25) is 0 Å². The summed E-state index contributed by atoms with van der Waals surface area (Å²) in [5, 5.41) is 2.87. The third-order valence-corrected chi connectivity index (χ3v) is 5.23. The van der Waals surface area contributed by atoms with Crippen LogP contribution in [0.15, 0.2) is 59.6 Å². The van der Waals surface area contributed by atoms with E-state index in [2.05, 4.69) is 20.3 Å². The summed E-state index contributed by atoms with van der Waals surface area (Å²) in [6, 6.07) is 8.27. The Morgan fingerprint density at radius 2 is 2.03 bits per heavy atom. The van der Waals surface area contributed by atoms with Gasteiger partial charge in [-0.15, -0.1) is 0 Å². The van der Waals surface area contributed by atoms with E-state index in [9.17, 15) is 9.18 Å². The molecule has 0 spiro atoms. The Labute approximate surface area is 188 Å². The van der Waals surface area contributed by atoms with E-state index >= 15 is 0 Å². The molecule has 33 heavy (non-hydrogen) atoms. The van der Waals surface area contributed by atoms with Crippen LogP contribution >= 0.6 is 0 Å². The van der Waals surface area contributed by atoms with Crippen LogP contribution in [-0.2, 0) is 6.42 Å². The fraction of sp³-hybridized carbons (Fsp3) is 0.167. The molecule has 0 radical (unpaired) electrons. The summed E-state index contributed by atoms with van der Waals surface area (Å²) in [6.07, 6.45) is 6.12. The molecule has 8 nitrogen and oxygen atoms in total. The summed E-state index contributed by atoms with van der Waals surface area (Å²) in [7, 11) is 0. The Hall–Kier alpha value is -4.27. The molecular formula is C24H20FN5O3. The number of hydrogen-bond donors (Lipinski definition) is 2. The molecule has 0 saturated heterocycles. The summed E-state index contributed by atoms with van der Waals surface area (Å²) in [6.45, 7) is 3.97. The lowest BCUT2D eigenvalue weighted by molar-refractivity contribution is 0.102. The lowest BCUT2D eigenvalue weighted by Crippen LogP contribution is -2.24. The molecule has 0 unspecified atom stereocenters. The standard InChI is InChI=1S/C24H20FN5O3/c1-24(2)9-14-6-18(17(8-20(14)33-24)15-5-16(25)11-27-10-15)29-22(31)19-12-32-23(30-19)13-3-4-28-21(26)7-13/h3-8,10-12H,9H2,1-2H3,(H2,26,28)(H,29,31). The van der Waals surface area contributed by atoms with Gasteiger partial charge < -0.3 is 20.2 Å². The zero-order chi connectivity index (χ0) is 23.2. The van der Waals surface area contributed by atoms with Crippen LogP contribution in [0.3, 0.4) is 0 Å². The number of nitrogens with zero attached hydrogens (tertiary/aromatic N) is 3. The van der Waals surface area contributed by atoms with Crippen LogP contribution in [0.4, 0.5) is 15.9 Å². The van der Waals surface area contributed by atoms with Crippen LogP contribution in [0.1, 0.15) is 29.9 Å². The van der Waals surface area contributed by atoms with Gasteiger partial charge in [0.2, 0.25) is 5.89 Å². The van der Waals surface area contributed by atoms with Crippen molar-refractivity contribution in [1.82, 2.24) is 15.0 Å². The summed E-state index contributed by atoms with van der Waals surface area (Å²) < 4.78 is 25.4. The van der Waals surface area contributed by atoms with Gasteiger partial charge in [0.05, 0.1) is 6.20 Å². The fourth-order valence-corrected chi connectivity index (χ4v) is 3.83. The van der Waals surface area contributed by atoms with Gasteiger partial charge in [0.25, 0.3) is 5.91 Å². The molecule has 1 aliphatic rings. The minimum atomic E-state index is -0.482. The average Bonchev–Trinajstić information content (AvgIpc) is 3.36. The number of nitrogens with two attached hydrogens (primary N) is 1. The Balaban J connectivity index is 1.50. The molecule has 0 fully saturated rings. The molecule has 1 amide bonds. The van der Waals surface area contributed by atoms with Gasteiger partial charge in [-0.05, 0) is 44.2 Å². The van der Waals surface area contributed by atoms with Crippen LogP contribution in [0, 0.1) is 5.82 Å². The second-order valence-electron chi connectivity index (χ2n) is 8.40. The van der Waals surface area contributed by atoms with E-state index in [1.165, 1.54) is 24.7 Å². The molecule has 9 heteroatoms. The Morgan fingerprint density at radius 3 is 2.82 bits per heavy atom. The maximum Gasteiger partial charge on any atom is 0.277 e. The minimum Gasteiger partial charge on any atom is -0.487 e. The van der Waals surface area contributed by atoms with Gasteiger partial charge in [-0.2, -0.15) is 0 Å². The summed E-state index contributed by atoms with van der Waals surface area (Å²) >= 11 is 0. The zero-order valence-corrected chi connectivity index (χ0v) is 17.9. The van der Waals surface area contributed by atoms with Gasteiger partial charge in [0.1, 0.15) is 29.2 Å². The molecule has 0 bridgehead atoms. The third kappa shape index (κ3) is 4.12. The van der Waals surface area contributed by atoms with Gasteiger partial charge in [0, 0.05) is 46.8 Å². The number of amides is 1. The van der Waals surface area contributed by atoms with Crippen molar-refractivity contribution >= 4 is 17.4 Å². The molecule has 5 rings (SSSR count). The number of benzene rings is 1. The molecule has 0 aliphatic carbocycles. The van der Waals surface area contributed by atoms with Gasteiger partial charge in [-0.1, -0.05) is 0 Å². The third-order valence-electron chi connectivity index (χ3n) is 5.23. The number of pyridine rings is 2. The number of nitrogen functional groups attached to an aromatic ring is 1. The zero-order valence-electron chi connectivity index (χ0n) is 17.9. The minimum absolute atomic E-state index is 0.0841. The van der Waals surface area contributed by atoms with Crippen molar-refractivity contribution in [2.45, 2.75) is 25.9 Å². The quantitative estimate of drug-likeness (QED) is 0.475.